The fourth-order valence-electron chi connectivity index (χ4n) is 2.29. The van der Waals surface area contributed by atoms with Gasteiger partial charge in [-0.2, -0.15) is 0 Å². The molecule has 16 heavy (non-hydrogen) atoms. The topological polar surface area (TPSA) is 55.8 Å². The molecule has 1 saturated carbocycles. The molecule has 0 bridgehead atoms. The Bertz CT molecular complexity index is 262. The molecule has 1 saturated heterocycles. The van der Waals surface area contributed by atoms with E-state index in [1.807, 2.05) is 13.8 Å². The van der Waals surface area contributed by atoms with Gasteiger partial charge in [-0.15, -0.1) is 0 Å². The van der Waals surface area contributed by atoms with Crippen LogP contribution in [0.5, 0.6) is 0 Å². The molecule has 2 aliphatic rings. The van der Waals surface area contributed by atoms with Gasteiger partial charge in [-0.05, 0) is 19.8 Å². The molecular formula is C12H20O4. The van der Waals surface area contributed by atoms with Gasteiger partial charge in [-0.25, -0.2) is 0 Å². The molecule has 2 rings (SSSR count). The summed E-state index contributed by atoms with van der Waals surface area (Å²) in [6.45, 7) is 3.86. The van der Waals surface area contributed by atoms with Crippen LogP contribution in [-0.2, 0) is 14.3 Å². The number of carbonyl (C=O) groups is 1. The van der Waals surface area contributed by atoms with Gasteiger partial charge in [0.1, 0.15) is 12.2 Å². The van der Waals surface area contributed by atoms with Crippen molar-refractivity contribution in [3.63, 3.8) is 0 Å². The summed E-state index contributed by atoms with van der Waals surface area (Å²) in [6, 6.07) is 0. The van der Waals surface area contributed by atoms with Crippen molar-refractivity contribution in [2.24, 2.45) is 11.8 Å². The third-order valence-corrected chi connectivity index (χ3v) is 3.89. The standard InChI is InChI=1S/C12H20O4/c1-7-8(2)15-10(6-13)11(7)16-12(14)9-4-3-5-9/h7-11,13H,3-6H2,1-2H3. The third kappa shape index (κ3) is 2.09. The number of hydrogen-bond donors (Lipinski definition) is 1. The zero-order valence-electron chi connectivity index (χ0n) is 9.89. The van der Waals surface area contributed by atoms with E-state index in [1.54, 1.807) is 0 Å². The van der Waals surface area contributed by atoms with E-state index in [-0.39, 0.29) is 42.7 Å². The van der Waals surface area contributed by atoms with Gasteiger partial charge in [0, 0.05) is 5.92 Å². The van der Waals surface area contributed by atoms with Crippen molar-refractivity contribution in [3.05, 3.63) is 0 Å². The summed E-state index contributed by atoms with van der Waals surface area (Å²) >= 11 is 0. The van der Waals surface area contributed by atoms with Crippen LogP contribution in [0.15, 0.2) is 0 Å². The number of esters is 1. The lowest BCUT2D eigenvalue weighted by Gasteiger charge is -2.27. The minimum Gasteiger partial charge on any atom is -0.459 e. The molecule has 0 radical (unpaired) electrons. The van der Waals surface area contributed by atoms with Crippen LogP contribution in [0.4, 0.5) is 0 Å². The SMILES string of the molecule is CC1OC(CO)C(OC(=O)C2CCC2)C1C. The zero-order valence-corrected chi connectivity index (χ0v) is 9.89. The lowest BCUT2D eigenvalue weighted by molar-refractivity contribution is -0.162. The van der Waals surface area contributed by atoms with Crippen molar-refractivity contribution in [3.8, 4) is 0 Å². The smallest absolute Gasteiger partial charge is 0.309 e. The second kappa shape index (κ2) is 4.72. The Hall–Kier alpha value is -0.610. The Morgan fingerprint density at radius 3 is 2.62 bits per heavy atom. The summed E-state index contributed by atoms with van der Waals surface area (Å²) in [5.41, 5.74) is 0. The van der Waals surface area contributed by atoms with E-state index in [1.165, 1.54) is 0 Å². The molecule has 1 aliphatic carbocycles. The molecule has 4 nitrogen and oxygen atoms in total. The van der Waals surface area contributed by atoms with Gasteiger partial charge in [0.05, 0.1) is 18.6 Å². The van der Waals surface area contributed by atoms with Crippen LogP contribution in [0, 0.1) is 11.8 Å². The molecule has 4 heteroatoms. The zero-order chi connectivity index (χ0) is 11.7. The van der Waals surface area contributed by atoms with E-state index in [2.05, 4.69) is 0 Å². The Morgan fingerprint density at radius 2 is 2.12 bits per heavy atom. The quantitative estimate of drug-likeness (QED) is 0.735. The van der Waals surface area contributed by atoms with Crippen LogP contribution >= 0.6 is 0 Å². The molecular weight excluding hydrogens is 208 g/mol. The average molecular weight is 228 g/mol. The summed E-state index contributed by atoms with van der Waals surface area (Å²) in [7, 11) is 0. The lowest BCUT2D eigenvalue weighted by atomic mass is 9.85. The monoisotopic (exact) mass is 228 g/mol. The van der Waals surface area contributed by atoms with Gasteiger partial charge < -0.3 is 14.6 Å². The van der Waals surface area contributed by atoms with Crippen LogP contribution in [0.25, 0.3) is 0 Å². The fraction of sp³-hybridized carbons (Fsp3) is 0.917. The minimum atomic E-state index is -0.353. The highest BCUT2D eigenvalue weighted by Gasteiger charge is 2.43. The number of carbonyl (C=O) groups excluding carboxylic acids is 1. The van der Waals surface area contributed by atoms with Crippen LogP contribution in [0.1, 0.15) is 33.1 Å². The van der Waals surface area contributed by atoms with Crippen LogP contribution in [0.2, 0.25) is 0 Å². The molecule has 4 atom stereocenters. The van der Waals surface area contributed by atoms with Crippen molar-refractivity contribution in [1.29, 1.82) is 0 Å². The first kappa shape index (κ1) is 11.9. The van der Waals surface area contributed by atoms with Crippen molar-refractivity contribution in [2.75, 3.05) is 6.61 Å². The Labute approximate surface area is 95.9 Å². The first-order valence-corrected chi connectivity index (χ1v) is 6.10. The first-order valence-electron chi connectivity index (χ1n) is 6.10. The molecule has 0 aromatic carbocycles. The maximum atomic E-state index is 11.7. The lowest BCUT2D eigenvalue weighted by Crippen LogP contribution is -2.37. The van der Waals surface area contributed by atoms with Gasteiger partial charge in [0.25, 0.3) is 0 Å². The summed E-state index contributed by atoms with van der Waals surface area (Å²) in [4.78, 5) is 11.7. The van der Waals surface area contributed by atoms with Crippen molar-refractivity contribution in [1.82, 2.24) is 0 Å². The van der Waals surface area contributed by atoms with Crippen LogP contribution in [0.3, 0.4) is 0 Å². The van der Waals surface area contributed by atoms with Gasteiger partial charge in [-0.3, -0.25) is 4.79 Å². The Kier molecular flexibility index (Phi) is 3.50. The molecule has 1 N–H and O–H groups in total. The van der Waals surface area contributed by atoms with Crippen molar-refractivity contribution in [2.45, 2.75) is 51.4 Å². The molecule has 1 heterocycles. The maximum Gasteiger partial charge on any atom is 0.309 e. The predicted molar refractivity (Wildman–Crippen MR) is 57.8 cm³/mol. The minimum absolute atomic E-state index is 0.0383. The molecule has 4 unspecified atom stereocenters. The molecule has 1 aliphatic heterocycles. The molecule has 0 amide bonds. The van der Waals surface area contributed by atoms with E-state index in [9.17, 15) is 9.90 Å². The molecule has 92 valence electrons. The maximum absolute atomic E-state index is 11.7. The van der Waals surface area contributed by atoms with E-state index < -0.39 is 0 Å². The van der Waals surface area contributed by atoms with E-state index in [4.69, 9.17) is 9.47 Å². The van der Waals surface area contributed by atoms with E-state index >= 15 is 0 Å². The number of rotatable bonds is 3. The largest absolute Gasteiger partial charge is 0.459 e. The van der Waals surface area contributed by atoms with Crippen LogP contribution < -0.4 is 0 Å². The summed E-state index contributed by atoms with van der Waals surface area (Å²) in [6.07, 6.45) is 2.41. The van der Waals surface area contributed by atoms with Gasteiger partial charge in [0.2, 0.25) is 0 Å². The van der Waals surface area contributed by atoms with Gasteiger partial charge >= 0.3 is 5.97 Å². The first-order chi connectivity index (χ1) is 7.63. The number of hydrogen-bond acceptors (Lipinski definition) is 4. The normalized spacial score (nSPS) is 39.4. The van der Waals surface area contributed by atoms with Crippen molar-refractivity contribution < 1.29 is 19.4 Å². The number of ether oxygens (including phenoxy) is 2. The number of aliphatic hydroxyl groups is 1. The van der Waals surface area contributed by atoms with Gasteiger partial charge in [0.15, 0.2) is 0 Å². The molecule has 2 fully saturated rings. The molecule has 0 aromatic rings. The highest BCUT2D eigenvalue weighted by molar-refractivity contribution is 5.73. The average Bonchev–Trinajstić information content (AvgIpc) is 2.43. The number of aliphatic hydroxyl groups excluding tert-OH is 1. The Morgan fingerprint density at radius 1 is 1.44 bits per heavy atom. The van der Waals surface area contributed by atoms with E-state index in [0.29, 0.717) is 0 Å². The van der Waals surface area contributed by atoms with Crippen LogP contribution in [-0.4, -0.2) is 36.0 Å². The third-order valence-electron chi connectivity index (χ3n) is 3.89. The molecule has 0 aromatic heterocycles. The summed E-state index contributed by atoms with van der Waals surface area (Å²) < 4.78 is 11.0. The van der Waals surface area contributed by atoms with E-state index in [0.717, 1.165) is 19.3 Å². The Balaban J connectivity index is 1.93. The highest BCUT2D eigenvalue weighted by atomic mass is 16.6. The fourth-order valence-corrected chi connectivity index (χ4v) is 2.29. The predicted octanol–water partition coefficient (Wildman–Crippen LogP) is 1.11. The van der Waals surface area contributed by atoms with Gasteiger partial charge in [-0.1, -0.05) is 13.3 Å². The second-order valence-electron chi connectivity index (χ2n) is 4.95. The van der Waals surface area contributed by atoms with Crippen molar-refractivity contribution >= 4 is 5.97 Å². The summed E-state index contributed by atoms with van der Waals surface area (Å²) in [5, 5.41) is 9.18. The highest BCUT2D eigenvalue weighted by Crippen LogP contribution is 2.33. The summed E-state index contributed by atoms with van der Waals surface area (Å²) in [5.74, 6) is 0.128. The second-order valence-corrected chi connectivity index (χ2v) is 4.95. The molecule has 0 spiro atoms.